The summed E-state index contributed by atoms with van der Waals surface area (Å²) in [4.78, 5) is 38.1. The largest absolute Gasteiger partial charge is 0.462 e. The number of rotatable bonds is 61. The second-order valence-corrected chi connectivity index (χ2v) is 22.4. The molecule has 0 aliphatic heterocycles. The summed E-state index contributed by atoms with van der Waals surface area (Å²) in [5.74, 6) is -0.874. The van der Waals surface area contributed by atoms with E-state index in [9.17, 15) is 14.4 Å². The molecule has 0 aromatic heterocycles. The van der Waals surface area contributed by atoms with Gasteiger partial charge in [-0.05, 0) is 96.3 Å². The van der Waals surface area contributed by atoms with Crippen molar-refractivity contribution in [3.8, 4) is 0 Å². The van der Waals surface area contributed by atoms with Gasteiger partial charge in [-0.3, -0.25) is 14.4 Å². The average Bonchev–Trinajstić information content (AvgIpc) is 3.44. The van der Waals surface area contributed by atoms with Gasteiger partial charge in [-0.25, -0.2) is 0 Å². The highest BCUT2D eigenvalue weighted by Crippen LogP contribution is 2.17. The van der Waals surface area contributed by atoms with Crippen LogP contribution < -0.4 is 0 Å². The predicted molar refractivity (Wildman–Crippen MR) is 339 cm³/mol. The van der Waals surface area contributed by atoms with Crippen LogP contribution in [-0.4, -0.2) is 37.2 Å². The lowest BCUT2D eigenvalue weighted by atomic mass is 10.0. The van der Waals surface area contributed by atoms with E-state index in [-0.39, 0.29) is 31.1 Å². The van der Waals surface area contributed by atoms with Crippen LogP contribution in [-0.2, 0) is 28.6 Å². The molecule has 1 atom stereocenters. The Morgan fingerprint density at radius 1 is 0.269 bits per heavy atom. The summed E-state index contributed by atoms with van der Waals surface area (Å²) in [5, 5.41) is 0. The molecule has 0 aromatic rings. The van der Waals surface area contributed by atoms with E-state index in [0.717, 1.165) is 103 Å². The van der Waals surface area contributed by atoms with Gasteiger partial charge in [0.2, 0.25) is 0 Å². The van der Waals surface area contributed by atoms with Gasteiger partial charge >= 0.3 is 17.9 Å². The summed E-state index contributed by atoms with van der Waals surface area (Å²) >= 11 is 0. The first kappa shape index (κ1) is 74.6. The van der Waals surface area contributed by atoms with Crippen molar-refractivity contribution < 1.29 is 28.6 Å². The van der Waals surface area contributed by atoms with Crippen LogP contribution in [0.4, 0.5) is 0 Å². The van der Waals surface area contributed by atoms with E-state index in [2.05, 4.69) is 106 Å². The molecule has 6 nitrogen and oxygen atoms in total. The van der Waals surface area contributed by atoms with Crippen molar-refractivity contribution in [3.05, 3.63) is 85.1 Å². The van der Waals surface area contributed by atoms with Crippen LogP contribution in [0.1, 0.15) is 335 Å². The van der Waals surface area contributed by atoms with Gasteiger partial charge in [-0.1, -0.05) is 305 Å². The molecule has 0 heterocycles. The van der Waals surface area contributed by atoms with Crippen molar-refractivity contribution in [2.24, 2.45) is 0 Å². The maximum absolute atomic E-state index is 12.8. The molecule has 0 aliphatic rings. The fraction of sp³-hybridized carbons (Fsp3) is 0.764. The van der Waals surface area contributed by atoms with Crippen molar-refractivity contribution in [2.75, 3.05) is 13.2 Å². The first-order valence-electron chi connectivity index (χ1n) is 33.6. The summed E-state index contributed by atoms with van der Waals surface area (Å²) in [6, 6.07) is 0. The normalized spacial score (nSPS) is 12.6. The molecule has 0 N–H and O–H groups in total. The van der Waals surface area contributed by atoms with E-state index < -0.39 is 6.10 Å². The third-order valence-corrected chi connectivity index (χ3v) is 14.6. The highest BCUT2D eigenvalue weighted by molar-refractivity contribution is 5.71. The number of allylic oxidation sites excluding steroid dienone is 14. The molecular formula is C72H126O6. The Balaban J connectivity index is 3.99. The number of hydrogen-bond acceptors (Lipinski definition) is 6. The number of unbranched alkanes of at least 4 members (excludes halogenated alkanes) is 36. The van der Waals surface area contributed by atoms with Crippen LogP contribution in [0.5, 0.6) is 0 Å². The smallest absolute Gasteiger partial charge is 0.306 e. The fourth-order valence-electron chi connectivity index (χ4n) is 9.62. The molecule has 0 spiro atoms. The fourth-order valence-corrected chi connectivity index (χ4v) is 9.62. The summed E-state index contributed by atoms with van der Waals surface area (Å²) in [5.41, 5.74) is 0. The third kappa shape index (κ3) is 63.4. The van der Waals surface area contributed by atoms with Crippen molar-refractivity contribution in [1.82, 2.24) is 0 Å². The van der Waals surface area contributed by atoms with Gasteiger partial charge in [0.15, 0.2) is 6.10 Å². The Morgan fingerprint density at radius 2 is 0.500 bits per heavy atom. The second kappa shape index (κ2) is 66.1. The van der Waals surface area contributed by atoms with Gasteiger partial charge in [-0.15, -0.1) is 0 Å². The molecule has 6 heteroatoms. The minimum atomic E-state index is -0.775. The number of hydrogen-bond donors (Lipinski definition) is 0. The zero-order chi connectivity index (χ0) is 56.4. The van der Waals surface area contributed by atoms with Crippen LogP contribution in [0.3, 0.4) is 0 Å². The third-order valence-electron chi connectivity index (χ3n) is 14.6. The van der Waals surface area contributed by atoms with Crippen LogP contribution in [0.25, 0.3) is 0 Å². The molecule has 0 rings (SSSR count). The lowest BCUT2D eigenvalue weighted by Crippen LogP contribution is -2.30. The molecular weight excluding hydrogens is 961 g/mol. The SMILES string of the molecule is CC/C=C\C/C=C\C/C=C\C/C=C\C/C=C\CCCCCCCCCCCCCCCCCCCCCC(=O)OCC(COC(=O)CCCCCCCCC)OC(=O)CCCCCCCCC/C=C\C/C=C\CCCCCC. The molecule has 0 radical (unpaired) electrons. The Bertz CT molecular complexity index is 1480. The zero-order valence-electron chi connectivity index (χ0n) is 51.7. The van der Waals surface area contributed by atoms with E-state index in [4.69, 9.17) is 14.2 Å². The highest BCUT2D eigenvalue weighted by atomic mass is 16.6. The standard InChI is InChI=1S/C72H126O6/c1-4-7-10-13-16-18-20-22-24-26-28-29-30-31-32-33-34-35-36-37-38-39-40-41-42-43-44-46-47-49-51-53-56-59-62-65-71(74)77-68-69(67-76-70(73)64-61-58-55-15-12-9-6-3)78-72(75)66-63-60-57-54-52-50-48-45-27-25-23-21-19-17-14-11-8-5-2/h7,10,16,18-19,21-22,24-25,27-29,31-32,69H,4-6,8-9,11-15,17,20,23,26,30,33-68H2,1-3H3/b10-7-,18-16-,21-19-,24-22-,27-25-,29-28-,32-31-. The number of ether oxygens (including phenoxy) is 3. The minimum Gasteiger partial charge on any atom is -0.462 e. The van der Waals surface area contributed by atoms with Crippen LogP contribution in [0.15, 0.2) is 85.1 Å². The van der Waals surface area contributed by atoms with E-state index >= 15 is 0 Å². The molecule has 0 aliphatic carbocycles. The van der Waals surface area contributed by atoms with Gasteiger partial charge in [0.25, 0.3) is 0 Å². The van der Waals surface area contributed by atoms with E-state index in [1.165, 1.54) is 193 Å². The van der Waals surface area contributed by atoms with E-state index in [0.29, 0.717) is 19.3 Å². The summed E-state index contributed by atoms with van der Waals surface area (Å²) < 4.78 is 16.8. The van der Waals surface area contributed by atoms with E-state index in [1.54, 1.807) is 0 Å². The van der Waals surface area contributed by atoms with Crippen molar-refractivity contribution in [1.29, 1.82) is 0 Å². The zero-order valence-corrected chi connectivity index (χ0v) is 51.7. The van der Waals surface area contributed by atoms with E-state index in [1.807, 2.05) is 0 Å². The summed E-state index contributed by atoms with van der Waals surface area (Å²) in [6.45, 7) is 6.49. The van der Waals surface area contributed by atoms with Crippen LogP contribution in [0.2, 0.25) is 0 Å². The minimum absolute atomic E-state index is 0.0748. The second-order valence-electron chi connectivity index (χ2n) is 22.4. The van der Waals surface area contributed by atoms with Gasteiger partial charge in [0, 0.05) is 19.3 Å². The lowest BCUT2D eigenvalue weighted by molar-refractivity contribution is -0.167. The van der Waals surface area contributed by atoms with Gasteiger partial charge in [0.05, 0.1) is 0 Å². The Morgan fingerprint density at radius 3 is 0.795 bits per heavy atom. The Hall–Kier alpha value is -3.41. The maximum atomic E-state index is 12.8. The van der Waals surface area contributed by atoms with Gasteiger partial charge in [-0.2, -0.15) is 0 Å². The monoisotopic (exact) mass is 1090 g/mol. The number of carbonyl (C=O) groups is 3. The number of esters is 3. The molecule has 78 heavy (non-hydrogen) atoms. The Kier molecular flexibility index (Phi) is 63.2. The average molecular weight is 1090 g/mol. The van der Waals surface area contributed by atoms with Crippen molar-refractivity contribution >= 4 is 17.9 Å². The first-order chi connectivity index (χ1) is 38.5. The highest BCUT2D eigenvalue weighted by Gasteiger charge is 2.19. The quantitative estimate of drug-likeness (QED) is 0.0261. The maximum Gasteiger partial charge on any atom is 0.306 e. The molecule has 0 saturated carbocycles. The van der Waals surface area contributed by atoms with Crippen LogP contribution >= 0.6 is 0 Å². The molecule has 0 bridgehead atoms. The molecule has 0 aromatic carbocycles. The Labute approximate surface area is 484 Å². The summed E-state index contributed by atoms with van der Waals surface area (Å²) in [7, 11) is 0. The molecule has 450 valence electrons. The number of carbonyl (C=O) groups excluding carboxylic acids is 3. The topological polar surface area (TPSA) is 78.9 Å². The molecule has 0 fully saturated rings. The molecule has 1 unspecified atom stereocenters. The molecule has 0 saturated heterocycles. The summed E-state index contributed by atoms with van der Waals surface area (Å²) in [6.07, 6.45) is 87.8. The van der Waals surface area contributed by atoms with Crippen LogP contribution in [0, 0.1) is 0 Å². The lowest BCUT2D eigenvalue weighted by Gasteiger charge is -2.18. The predicted octanol–water partition coefficient (Wildman–Crippen LogP) is 23.1. The van der Waals surface area contributed by atoms with Crippen molar-refractivity contribution in [3.63, 3.8) is 0 Å². The first-order valence-corrected chi connectivity index (χ1v) is 33.6. The van der Waals surface area contributed by atoms with Gasteiger partial charge in [0.1, 0.15) is 13.2 Å². The van der Waals surface area contributed by atoms with Crippen molar-refractivity contribution in [2.45, 2.75) is 341 Å². The van der Waals surface area contributed by atoms with Gasteiger partial charge < -0.3 is 14.2 Å². The molecule has 0 amide bonds.